The van der Waals surface area contributed by atoms with Gasteiger partial charge in [-0.05, 0) is 65.1 Å². The van der Waals surface area contributed by atoms with Gasteiger partial charge in [0.2, 0.25) is 0 Å². The third-order valence-electron chi connectivity index (χ3n) is 6.95. The smallest absolute Gasteiger partial charge is 0.255 e. The molecule has 4 atom stereocenters. The van der Waals surface area contributed by atoms with Gasteiger partial charge in [-0.3, -0.25) is 9.69 Å². The van der Waals surface area contributed by atoms with E-state index in [-0.39, 0.29) is 36.4 Å². The van der Waals surface area contributed by atoms with Crippen LogP contribution in [0.15, 0.2) is 48.5 Å². The molecule has 3 rings (SSSR count). The van der Waals surface area contributed by atoms with Crippen LogP contribution < -0.4 is 0 Å². The number of likely N-dealkylation sites (N-methyl/N-ethyl adjacent to an activating group) is 1. The molecule has 174 valence electrons. The first-order valence-corrected chi connectivity index (χ1v) is 12.1. The quantitative estimate of drug-likeness (QED) is 0.493. The van der Waals surface area contributed by atoms with Crippen molar-refractivity contribution in [3.05, 3.63) is 70.8 Å². The molecule has 32 heavy (non-hydrogen) atoms. The number of rotatable bonds is 7. The van der Waals surface area contributed by atoms with E-state index in [4.69, 9.17) is 4.74 Å². The molecule has 0 unspecified atom stereocenters. The maximum atomic E-state index is 14.0. The van der Waals surface area contributed by atoms with Crippen LogP contribution in [0.5, 0.6) is 0 Å². The first-order chi connectivity index (χ1) is 15.2. The van der Waals surface area contributed by atoms with E-state index in [1.165, 1.54) is 5.56 Å². The van der Waals surface area contributed by atoms with Gasteiger partial charge >= 0.3 is 0 Å². The molecule has 4 nitrogen and oxygen atoms in total. The van der Waals surface area contributed by atoms with Gasteiger partial charge in [0.1, 0.15) is 12.3 Å². The number of hydrogen-bond donors (Lipinski definition) is 0. The molecule has 4 heteroatoms. The van der Waals surface area contributed by atoms with Crippen molar-refractivity contribution in [2.24, 2.45) is 0 Å². The van der Waals surface area contributed by atoms with E-state index in [1.54, 1.807) is 0 Å². The second kappa shape index (κ2) is 10.2. The molecule has 0 N–H and O–H groups in total. The van der Waals surface area contributed by atoms with E-state index in [0.717, 1.165) is 23.1 Å². The second-order valence-corrected chi connectivity index (χ2v) is 9.75. The van der Waals surface area contributed by atoms with Crippen LogP contribution in [0.3, 0.4) is 0 Å². The SMILES string of the molecule is CC[C@H](C)c1cccc([C@@H]2O[C@H](c3ccccc3)[C@H](C)N2C)c1C(=O)N(C(C)C)C(C)C. The molecule has 1 fully saturated rings. The Morgan fingerprint density at radius 2 is 1.62 bits per heavy atom. The lowest BCUT2D eigenvalue weighted by molar-refractivity contribution is 0.00446. The minimum atomic E-state index is -0.265. The van der Waals surface area contributed by atoms with Crippen LogP contribution in [-0.4, -0.2) is 40.9 Å². The molecule has 2 aromatic carbocycles. The first kappa shape index (κ1) is 24.5. The minimum absolute atomic E-state index is 0.0345. The van der Waals surface area contributed by atoms with Crippen molar-refractivity contribution in [1.82, 2.24) is 9.80 Å². The van der Waals surface area contributed by atoms with E-state index in [9.17, 15) is 4.79 Å². The summed E-state index contributed by atoms with van der Waals surface area (Å²) in [5.74, 6) is 0.401. The Morgan fingerprint density at radius 1 is 1.00 bits per heavy atom. The molecule has 1 saturated heterocycles. The summed E-state index contributed by atoms with van der Waals surface area (Å²) in [6, 6.07) is 17.1. The van der Waals surface area contributed by atoms with Crippen LogP contribution >= 0.6 is 0 Å². The summed E-state index contributed by atoms with van der Waals surface area (Å²) in [6.07, 6.45) is 0.685. The molecule has 1 aliphatic heterocycles. The van der Waals surface area contributed by atoms with Crippen LogP contribution in [0.1, 0.15) is 100 Å². The maximum absolute atomic E-state index is 14.0. The van der Waals surface area contributed by atoms with Crippen LogP contribution in [0.2, 0.25) is 0 Å². The molecule has 1 amide bonds. The molecular formula is C28H40N2O2. The third kappa shape index (κ3) is 4.62. The summed E-state index contributed by atoms with van der Waals surface area (Å²) in [5, 5.41) is 0. The van der Waals surface area contributed by atoms with E-state index in [1.807, 2.05) is 11.0 Å². The molecule has 1 heterocycles. The Morgan fingerprint density at radius 3 is 2.19 bits per heavy atom. The van der Waals surface area contributed by atoms with Crippen LogP contribution in [0.4, 0.5) is 0 Å². The summed E-state index contributed by atoms with van der Waals surface area (Å²) in [7, 11) is 2.10. The summed E-state index contributed by atoms with van der Waals surface area (Å²) >= 11 is 0. The molecule has 1 aliphatic rings. The minimum Gasteiger partial charge on any atom is -0.349 e. The number of amides is 1. The van der Waals surface area contributed by atoms with Crippen molar-refractivity contribution in [1.29, 1.82) is 0 Å². The third-order valence-corrected chi connectivity index (χ3v) is 6.95. The molecule has 0 bridgehead atoms. The first-order valence-electron chi connectivity index (χ1n) is 12.1. The summed E-state index contributed by atoms with van der Waals surface area (Å²) in [5.41, 5.74) is 4.09. The largest absolute Gasteiger partial charge is 0.349 e. The number of hydrogen-bond acceptors (Lipinski definition) is 3. The summed E-state index contributed by atoms with van der Waals surface area (Å²) in [6.45, 7) is 15.0. The van der Waals surface area contributed by atoms with Gasteiger partial charge in [-0.15, -0.1) is 0 Å². The topological polar surface area (TPSA) is 32.8 Å². The van der Waals surface area contributed by atoms with Crippen LogP contribution in [0, 0.1) is 0 Å². The lowest BCUT2D eigenvalue weighted by Gasteiger charge is -2.34. The molecule has 0 spiro atoms. The van der Waals surface area contributed by atoms with E-state index >= 15 is 0 Å². The van der Waals surface area contributed by atoms with Gasteiger partial charge in [-0.25, -0.2) is 0 Å². The Labute approximate surface area is 194 Å². The molecule has 0 aliphatic carbocycles. The number of carbonyl (C=O) groups is 1. The van der Waals surface area contributed by atoms with Gasteiger partial charge in [-0.1, -0.05) is 62.4 Å². The Bertz CT molecular complexity index is 901. The highest BCUT2D eigenvalue weighted by Crippen LogP contribution is 2.43. The fourth-order valence-electron chi connectivity index (χ4n) is 4.93. The van der Waals surface area contributed by atoms with E-state index < -0.39 is 0 Å². The van der Waals surface area contributed by atoms with Crippen molar-refractivity contribution in [2.45, 2.75) is 91.3 Å². The number of ether oxygens (including phenoxy) is 1. The monoisotopic (exact) mass is 436 g/mol. The van der Waals surface area contributed by atoms with E-state index in [0.29, 0.717) is 5.92 Å². The maximum Gasteiger partial charge on any atom is 0.255 e. The molecule has 0 aromatic heterocycles. The van der Waals surface area contributed by atoms with Crippen molar-refractivity contribution in [3.63, 3.8) is 0 Å². The summed E-state index contributed by atoms with van der Waals surface area (Å²) in [4.78, 5) is 18.3. The number of carbonyl (C=O) groups excluding carboxylic acids is 1. The van der Waals surface area contributed by atoms with Gasteiger partial charge in [0, 0.05) is 23.7 Å². The molecular weight excluding hydrogens is 396 g/mol. The lowest BCUT2D eigenvalue weighted by atomic mass is 9.88. The molecule has 0 saturated carbocycles. The molecule has 2 aromatic rings. The van der Waals surface area contributed by atoms with Gasteiger partial charge in [0.15, 0.2) is 0 Å². The Kier molecular flexibility index (Phi) is 7.79. The Hall–Kier alpha value is -2.17. The predicted octanol–water partition coefficient (Wildman–Crippen LogP) is 6.55. The Balaban J connectivity index is 2.11. The zero-order valence-electron chi connectivity index (χ0n) is 21.0. The van der Waals surface area contributed by atoms with Crippen LogP contribution in [0.25, 0.3) is 0 Å². The average molecular weight is 437 g/mol. The van der Waals surface area contributed by atoms with Crippen LogP contribution in [-0.2, 0) is 4.74 Å². The number of nitrogens with zero attached hydrogens (tertiary/aromatic N) is 2. The van der Waals surface area contributed by atoms with Gasteiger partial charge < -0.3 is 9.64 Å². The zero-order valence-corrected chi connectivity index (χ0v) is 21.0. The van der Waals surface area contributed by atoms with Crippen molar-refractivity contribution in [2.75, 3.05) is 7.05 Å². The fourth-order valence-corrected chi connectivity index (χ4v) is 4.93. The normalized spacial score (nSPS) is 22.5. The fraction of sp³-hybridized carbons (Fsp3) is 0.536. The highest BCUT2D eigenvalue weighted by Gasteiger charge is 2.41. The van der Waals surface area contributed by atoms with Crippen molar-refractivity contribution in [3.8, 4) is 0 Å². The second-order valence-electron chi connectivity index (χ2n) is 9.75. The zero-order chi connectivity index (χ0) is 23.6. The highest BCUT2D eigenvalue weighted by molar-refractivity contribution is 5.98. The van der Waals surface area contributed by atoms with Gasteiger partial charge in [-0.2, -0.15) is 0 Å². The molecule has 0 radical (unpaired) electrons. The highest BCUT2D eigenvalue weighted by atomic mass is 16.5. The average Bonchev–Trinajstić information content (AvgIpc) is 3.07. The van der Waals surface area contributed by atoms with Crippen molar-refractivity contribution >= 4 is 5.91 Å². The van der Waals surface area contributed by atoms with E-state index in [2.05, 4.69) is 103 Å². The van der Waals surface area contributed by atoms with Gasteiger partial charge in [0.25, 0.3) is 5.91 Å². The summed E-state index contributed by atoms with van der Waals surface area (Å²) < 4.78 is 6.67. The van der Waals surface area contributed by atoms with Crippen molar-refractivity contribution < 1.29 is 9.53 Å². The predicted molar refractivity (Wildman–Crippen MR) is 132 cm³/mol. The lowest BCUT2D eigenvalue weighted by Crippen LogP contribution is -2.43. The standard InChI is InChI=1S/C28H40N2O2/c1-9-20(6)23-16-13-17-24(25(23)27(31)30(18(2)3)19(4)5)28-29(8)21(7)26(32-28)22-14-11-10-12-15-22/h10-21,26,28H,9H2,1-8H3/t20-,21-,26-,28-/m0/s1. The van der Waals surface area contributed by atoms with Gasteiger partial charge in [0.05, 0.1) is 5.56 Å². The number of benzene rings is 2.